The molecule has 4 atom stereocenters. The molecule has 6 heterocycles. The fourth-order valence-electron chi connectivity index (χ4n) is 8.29. The summed E-state index contributed by atoms with van der Waals surface area (Å²) in [7, 11) is 0. The van der Waals surface area contributed by atoms with E-state index in [4.69, 9.17) is 9.72 Å². The zero-order valence-corrected chi connectivity index (χ0v) is 25.5. The van der Waals surface area contributed by atoms with Gasteiger partial charge < -0.3 is 20.1 Å². The van der Waals surface area contributed by atoms with Crippen LogP contribution in [0.1, 0.15) is 38.2 Å². The standard InChI is InChI=1S/C34H35F3N6O3/c1-2-22-26(36)5-4-18-10-21(44)11-23(27(18)22)29-28(37)30-24(14-38-29)31(42-9-6-19-13-39-32(45)25(19)16-42)41-33(40-30)46-17-34-7-3-8-43(34)15-20(35)12-34/h4-5,10-11,14,19-20,25,44H,2-3,6-9,12-13,15-17H2,1H3,(H,39,45)/t19-,20+,25-,34-/m0/s1. The molecule has 4 fully saturated rings. The van der Waals surface area contributed by atoms with E-state index in [0.717, 1.165) is 25.8 Å². The number of pyridine rings is 1. The van der Waals surface area contributed by atoms with Crippen LogP contribution in [0.4, 0.5) is 19.0 Å². The van der Waals surface area contributed by atoms with Crippen LogP contribution in [0.15, 0.2) is 30.5 Å². The molecule has 12 heteroatoms. The number of hydrogen-bond donors (Lipinski definition) is 2. The van der Waals surface area contributed by atoms with Crippen LogP contribution in [0.3, 0.4) is 0 Å². The van der Waals surface area contributed by atoms with Gasteiger partial charge in [0.15, 0.2) is 5.82 Å². The van der Waals surface area contributed by atoms with Crippen LogP contribution in [-0.4, -0.2) is 81.9 Å². The molecule has 1 amide bonds. The van der Waals surface area contributed by atoms with Gasteiger partial charge in [0.2, 0.25) is 5.91 Å². The molecule has 0 aliphatic carbocycles. The van der Waals surface area contributed by atoms with Crippen molar-refractivity contribution in [3.8, 4) is 23.0 Å². The van der Waals surface area contributed by atoms with Crippen molar-refractivity contribution in [3.63, 3.8) is 0 Å². The zero-order valence-electron chi connectivity index (χ0n) is 25.5. The minimum absolute atomic E-state index is 0.00622. The van der Waals surface area contributed by atoms with E-state index in [1.54, 1.807) is 6.07 Å². The number of piperidine rings is 1. The Kier molecular flexibility index (Phi) is 6.97. The summed E-state index contributed by atoms with van der Waals surface area (Å²) in [4.78, 5) is 30.5. The molecule has 8 rings (SSSR count). The Labute approximate surface area is 263 Å². The first-order valence-electron chi connectivity index (χ1n) is 16.1. The van der Waals surface area contributed by atoms with Crippen LogP contribution < -0.4 is 15.0 Å². The molecule has 0 unspecified atom stereocenters. The van der Waals surface area contributed by atoms with E-state index in [0.29, 0.717) is 66.6 Å². The summed E-state index contributed by atoms with van der Waals surface area (Å²) in [6.07, 6.45) is 3.77. The lowest BCUT2D eigenvalue weighted by atomic mass is 9.88. The first-order valence-corrected chi connectivity index (χ1v) is 16.1. The second kappa shape index (κ2) is 11.0. The third-order valence-electron chi connectivity index (χ3n) is 10.6. The number of aryl methyl sites for hydroxylation is 1. The topological polar surface area (TPSA) is 104 Å². The van der Waals surface area contributed by atoms with Gasteiger partial charge in [-0.2, -0.15) is 9.97 Å². The maximum atomic E-state index is 16.8. The number of hydrogen-bond acceptors (Lipinski definition) is 8. The summed E-state index contributed by atoms with van der Waals surface area (Å²) in [6.45, 7) is 4.80. The van der Waals surface area contributed by atoms with Crippen LogP contribution in [-0.2, 0) is 11.2 Å². The number of phenolic OH excluding ortho intramolecular Hbond substituents is 1. The van der Waals surface area contributed by atoms with Crippen molar-refractivity contribution in [3.05, 3.63) is 47.7 Å². The molecule has 4 saturated heterocycles. The number of nitrogens with one attached hydrogen (secondary N) is 1. The molecule has 4 aromatic rings. The van der Waals surface area contributed by atoms with Crippen molar-refractivity contribution in [1.29, 1.82) is 0 Å². The molecule has 0 bridgehead atoms. The Morgan fingerprint density at radius 3 is 2.89 bits per heavy atom. The van der Waals surface area contributed by atoms with Crippen LogP contribution in [0.2, 0.25) is 0 Å². The van der Waals surface area contributed by atoms with E-state index in [9.17, 15) is 18.7 Å². The van der Waals surface area contributed by atoms with E-state index >= 15 is 4.39 Å². The number of aromatic nitrogens is 3. The van der Waals surface area contributed by atoms with Gasteiger partial charge >= 0.3 is 6.01 Å². The van der Waals surface area contributed by atoms with Gasteiger partial charge in [-0.3, -0.25) is 14.7 Å². The number of carbonyl (C=O) groups excluding carboxylic acids is 1. The number of amides is 1. The number of rotatable bonds is 6. The Morgan fingerprint density at radius 1 is 1.17 bits per heavy atom. The number of anilines is 1. The number of halogens is 3. The van der Waals surface area contributed by atoms with Gasteiger partial charge in [0.05, 0.1) is 16.8 Å². The second-order valence-electron chi connectivity index (χ2n) is 13.2. The van der Waals surface area contributed by atoms with Crippen molar-refractivity contribution in [1.82, 2.24) is 25.2 Å². The van der Waals surface area contributed by atoms with E-state index < -0.39 is 23.3 Å². The number of carbonyl (C=O) groups is 1. The quantitative estimate of drug-likeness (QED) is 0.309. The highest BCUT2D eigenvalue weighted by atomic mass is 19.1. The average Bonchev–Trinajstić information content (AvgIpc) is 3.71. The molecule has 4 aliphatic rings. The molecule has 9 nitrogen and oxygen atoms in total. The molecule has 240 valence electrons. The number of fused-ring (bicyclic) bond motifs is 4. The summed E-state index contributed by atoms with van der Waals surface area (Å²) in [5.41, 5.74) is 0.0555. The predicted molar refractivity (Wildman–Crippen MR) is 167 cm³/mol. The lowest BCUT2D eigenvalue weighted by molar-refractivity contribution is -0.122. The summed E-state index contributed by atoms with van der Waals surface area (Å²) in [5, 5.41) is 14.9. The number of aromatic hydroxyl groups is 1. The van der Waals surface area contributed by atoms with Gasteiger partial charge in [0, 0.05) is 44.4 Å². The van der Waals surface area contributed by atoms with Crippen LogP contribution in [0, 0.1) is 23.5 Å². The molecule has 2 aromatic heterocycles. The van der Waals surface area contributed by atoms with Crippen molar-refractivity contribution in [2.24, 2.45) is 11.8 Å². The first kappa shape index (κ1) is 29.2. The van der Waals surface area contributed by atoms with Gasteiger partial charge in [-0.25, -0.2) is 13.2 Å². The average molecular weight is 633 g/mol. The third-order valence-corrected chi connectivity index (χ3v) is 10.6. The van der Waals surface area contributed by atoms with E-state index in [2.05, 4.69) is 20.2 Å². The van der Waals surface area contributed by atoms with Crippen molar-refractivity contribution < 1.29 is 27.8 Å². The largest absolute Gasteiger partial charge is 0.508 e. The SMILES string of the molecule is CCc1c(F)ccc2cc(O)cc(-c3ncc4c(N5CC[C@H]6CNC(=O)[C@H]6C5)nc(OC[C@@]56CCCN5C[C@H](F)C6)nc4c3F)c12. The van der Waals surface area contributed by atoms with Gasteiger partial charge in [-0.05, 0) is 72.7 Å². The van der Waals surface area contributed by atoms with Crippen molar-refractivity contribution in [2.75, 3.05) is 44.2 Å². The van der Waals surface area contributed by atoms with E-state index in [-0.39, 0.29) is 52.9 Å². The fourth-order valence-corrected chi connectivity index (χ4v) is 8.29. The molecule has 2 aromatic carbocycles. The van der Waals surface area contributed by atoms with Crippen molar-refractivity contribution >= 4 is 33.4 Å². The fraction of sp³-hybridized carbons (Fsp3) is 0.471. The normalized spacial score (nSPS) is 26.1. The molecule has 0 spiro atoms. The molecule has 4 aliphatic heterocycles. The zero-order chi connectivity index (χ0) is 31.7. The number of alkyl halides is 1. The Morgan fingerprint density at radius 2 is 2.04 bits per heavy atom. The molecule has 2 N–H and O–H groups in total. The van der Waals surface area contributed by atoms with Crippen molar-refractivity contribution in [2.45, 2.75) is 50.7 Å². The number of ether oxygens (including phenoxy) is 1. The lowest BCUT2D eigenvalue weighted by Gasteiger charge is -2.35. The van der Waals surface area contributed by atoms with Crippen LogP contribution in [0.25, 0.3) is 32.9 Å². The van der Waals surface area contributed by atoms with E-state index in [1.807, 2.05) is 11.8 Å². The maximum absolute atomic E-state index is 16.8. The van der Waals surface area contributed by atoms with Crippen LogP contribution in [0.5, 0.6) is 11.8 Å². The number of phenols is 1. The van der Waals surface area contributed by atoms with Gasteiger partial charge in [0.25, 0.3) is 0 Å². The summed E-state index contributed by atoms with van der Waals surface area (Å²) >= 11 is 0. The highest BCUT2D eigenvalue weighted by Gasteiger charge is 2.49. The Bertz CT molecular complexity index is 1890. The Hall–Kier alpha value is -4.19. The minimum Gasteiger partial charge on any atom is -0.508 e. The third kappa shape index (κ3) is 4.63. The molecule has 0 saturated carbocycles. The van der Waals surface area contributed by atoms with Gasteiger partial charge in [-0.1, -0.05) is 13.0 Å². The number of benzene rings is 2. The summed E-state index contributed by atoms with van der Waals surface area (Å²) in [6, 6.07) is 5.76. The number of nitrogens with zero attached hydrogens (tertiary/aromatic N) is 5. The molecule has 0 radical (unpaired) electrons. The lowest BCUT2D eigenvalue weighted by Crippen LogP contribution is -2.44. The minimum atomic E-state index is -0.933. The van der Waals surface area contributed by atoms with Gasteiger partial charge in [-0.15, -0.1) is 0 Å². The van der Waals surface area contributed by atoms with Gasteiger partial charge in [0.1, 0.15) is 41.4 Å². The maximum Gasteiger partial charge on any atom is 0.319 e. The van der Waals surface area contributed by atoms with E-state index in [1.165, 1.54) is 24.4 Å². The first-order chi connectivity index (χ1) is 22.2. The molecule has 46 heavy (non-hydrogen) atoms. The van der Waals surface area contributed by atoms with Crippen LogP contribution >= 0.6 is 0 Å². The smallest absolute Gasteiger partial charge is 0.319 e. The molecular weight excluding hydrogens is 597 g/mol. The summed E-state index contributed by atoms with van der Waals surface area (Å²) < 4.78 is 52.5. The monoisotopic (exact) mass is 632 g/mol. The highest BCUT2D eigenvalue weighted by molar-refractivity contribution is 6.01. The highest BCUT2D eigenvalue weighted by Crippen LogP contribution is 2.42. The second-order valence-corrected chi connectivity index (χ2v) is 13.2. The summed E-state index contributed by atoms with van der Waals surface area (Å²) in [5.74, 6) is -0.878. The Balaban J connectivity index is 1.27. The predicted octanol–water partition coefficient (Wildman–Crippen LogP) is 4.92. The molecular formula is C34H35F3N6O3.